The molecule has 12 heteroatoms. The summed E-state index contributed by atoms with van der Waals surface area (Å²) in [6.45, 7) is 5.07. The van der Waals surface area contributed by atoms with Gasteiger partial charge in [0, 0.05) is 43.4 Å². The highest BCUT2D eigenvalue weighted by atomic mass is 16.6. The minimum atomic E-state index is -0.482. The summed E-state index contributed by atoms with van der Waals surface area (Å²) in [7, 11) is 3.00. The van der Waals surface area contributed by atoms with Crippen LogP contribution in [0.5, 0.6) is 11.5 Å². The van der Waals surface area contributed by atoms with Crippen molar-refractivity contribution in [2.45, 2.75) is 13.8 Å². The summed E-state index contributed by atoms with van der Waals surface area (Å²) in [4.78, 5) is 23.4. The van der Waals surface area contributed by atoms with Crippen LogP contribution in [0.3, 0.4) is 0 Å². The van der Waals surface area contributed by atoms with Gasteiger partial charge in [-0.2, -0.15) is 10.2 Å². The Morgan fingerprint density at radius 2 is 1.37 bits per heavy atom. The lowest BCUT2D eigenvalue weighted by atomic mass is 10.2. The summed E-state index contributed by atoms with van der Waals surface area (Å²) < 4.78 is 15.9. The number of rotatable bonds is 12. The molecule has 0 saturated heterocycles. The fourth-order valence-electron chi connectivity index (χ4n) is 3.39. The van der Waals surface area contributed by atoms with Gasteiger partial charge in [0.15, 0.2) is 0 Å². The minimum Gasteiger partial charge on any atom is -0.494 e. The van der Waals surface area contributed by atoms with Gasteiger partial charge in [-0.15, -0.1) is 10.2 Å². The van der Waals surface area contributed by atoms with Crippen molar-refractivity contribution in [3.63, 3.8) is 0 Å². The number of nitro benzene ring substituents is 1. The van der Waals surface area contributed by atoms with E-state index in [1.165, 1.54) is 45.4 Å². The highest BCUT2D eigenvalue weighted by Crippen LogP contribution is 2.41. The second-order valence-corrected chi connectivity index (χ2v) is 7.81. The zero-order valence-electron chi connectivity index (χ0n) is 21.5. The molecule has 0 amide bonds. The maximum atomic E-state index is 11.0. The van der Waals surface area contributed by atoms with Crippen molar-refractivity contribution in [2.24, 2.45) is 20.5 Å². The molecule has 12 nitrogen and oxygen atoms in total. The Bertz CT molecular complexity index is 1310. The van der Waals surface area contributed by atoms with Gasteiger partial charge >= 0.3 is 5.97 Å². The van der Waals surface area contributed by atoms with E-state index in [1.54, 1.807) is 12.1 Å². The van der Waals surface area contributed by atoms with Gasteiger partial charge < -0.3 is 19.1 Å². The van der Waals surface area contributed by atoms with Crippen LogP contribution in [-0.2, 0) is 9.53 Å². The lowest BCUT2D eigenvalue weighted by Gasteiger charge is -2.22. The van der Waals surface area contributed by atoms with Crippen molar-refractivity contribution < 1.29 is 23.9 Å². The molecular weight excluding hydrogens is 492 g/mol. The molecule has 0 heterocycles. The number of nitrogens with zero attached hydrogens (tertiary/aromatic N) is 6. The molecule has 0 aliphatic carbocycles. The number of hydrogen-bond acceptors (Lipinski definition) is 11. The maximum absolute atomic E-state index is 11.0. The number of hydrogen-bond donors (Lipinski definition) is 0. The summed E-state index contributed by atoms with van der Waals surface area (Å²) in [6.07, 6.45) is 0. The first-order chi connectivity index (χ1) is 18.3. The lowest BCUT2D eigenvalue weighted by Crippen LogP contribution is -2.27. The number of azo groups is 2. The van der Waals surface area contributed by atoms with E-state index in [0.717, 1.165) is 12.2 Å². The second-order valence-electron chi connectivity index (χ2n) is 7.81. The molecule has 3 rings (SSSR count). The van der Waals surface area contributed by atoms with Crippen molar-refractivity contribution in [2.75, 3.05) is 38.8 Å². The van der Waals surface area contributed by atoms with E-state index in [4.69, 9.17) is 14.2 Å². The Morgan fingerprint density at radius 3 is 1.79 bits per heavy atom. The third-order valence-electron chi connectivity index (χ3n) is 5.35. The van der Waals surface area contributed by atoms with Crippen LogP contribution >= 0.6 is 0 Å². The van der Waals surface area contributed by atoms with Gasteiger partial charge in [0.2, 0.25) is 0 Å². The van der Waals surface area contributed by atoms with E-state index in [1.807, 2.05) is 31.2 Å². The quantitative estimate of drug-likeness (QED) is 0.110. The molecule has 0 aliphatic heterocycles. The first-order valence-corrected chi connectivity index (χ1v) is 11.7. The smallest absolute Gasteiger partial charge is 0.302 e. The normalized spacial score (nSPS) is 11.1. The fraction of sp³-hybridized carbons (Fsp3) is 0.269. The Hall–Kier alpha value is -4.87. The standard InChI is InChI=1S/C26H28N6O6/c1-5-31(14-15-38-18(2)33)21-10-6-19(7-11-21)27-29-23-16-26(37-4)24(17-25(23)36-3)30-28-20-8-12-22(13-9-20)32(34)35/h6-13,16-17H,5,14-15H2,1-4H3/b29-27+,30-28+. The predicted molar refractivity (Wildman–Crippen MR) is 142 cm³/mol. The summed E-state index contributed by atoms with van der Waals surface area (Å²) in [6, 6.07) is 16.5. The zero-order valence-corrected chi connectivity index (χ0v) is 21.5. The SMILES string of the molecule is CCN(CCOC(C)=O)c1ccc(/N=N/c2cc(OC)c(/N=N/c3ccc([N+](=O)[O-])cc3)cc2OC)cc1. The van der Waals surface area contributed by atoms with Crippen LogP contribution in [0.4, 0.5) is 34.1 Å². The number of esters is 1. The number of ether oxygens (including phenoxy) is 3. The van der Waals surface area contributed by atoms with E-state index in [2.05, 4.69) is 25.4 Å². The third kappa shape index (κ3) is 7.56. The van der Waals surface area contributed by atoms with Gasteiger partial charge in [-0.1, -0.05) is 0 Å². The van der Waals surface area contributed by atoms with E-state index < -0.39 is 4.92 Å². The van der Waals surface area contributed by atoms with Crippen LogP contribution in [0.2, 0.25) is 0 Å². The van der Waals surface area contributed by atoms with E-state index in [-0.39, 0.29) is 11.7 Å². The fourth-order valence-corrected chi connectivity index (χ4v) is 3.39. The average molecular weight is 521 g/mol. The number of non-ortho nitro benzene ring substituents is 1. The van der Waals surface area contributed by atoms with Gasteiger partial charge in [0.25, 0.3) is 5.69 Å². The number of methoxy groups -OCH3 is 2. The Kier molecular flexibility index (Phi) is 9.80. The number of anilines is 1. The zero-order chi connectivity index (χ0) is 27.5. The number of carbonyl (C=O) groups excluding carboxylic acids is 1. The van der Waals surface area contributed by atoms with Crippen molar-refractivity contribution in [3.05, 3.63) is 70.8 Å². The third-order valence-corrected chi connectivity index (χ3v) is 5.35. The average Bonchev–Trinajstić information content (AvgIpc) is 2.93. The van der Waals surface area contributed by atoms with E-state index in [9.17, 15) is 14.9 Å². The van der Waals surface area contributed by atoms with Gasteiger partial charge in [0.05, 0.1) is 37.1 Å². The number of benzene rings is 3. The minimum absolute atomic E-state index is 0.0329. The molecular formula is C26H28N6O6. The second kappa shape index (κ2) is 13.4. The molecule has 0 aromatic heterocycles. The number of carbonyl (C=O) groups is 1. The summed E-state index contributed by atoms with van der Waals surface area (Å²) in [5.74, 6) is 0.503. The molecule has 0 radical (unpaired) electrons. The Morgan fingerprint density at radius 1 is 0.868 bits per heavy atom. The van der Waals surface area contributed by atoms with Crippen molar-refractivity contribution >= 4 is 40.1 Å². The van der Waals surface area contributed by atoms with Gasteiger partial charge in [-0.3, -0.25) is 14.9 Å². The van der Waals surface area contributed by atoms with E-state index in [0.29, 0.717) is 47.4 Å². The monoisotopic (exact) mass is 520 g/mol. The van der Waals surface area contributed by atoms with Crippen molar-refractivity contribution in [3.8, 4) is 11.5 Å². The molecule has 0 spiro atoms. The van der Waals surface area contributed by atoms with Crippen molar-refractivity contribution in [1.82, 2.24) is 0 Å². The molecule has 0 atom stereocenters. The molecule has 0 aliphatic rings. The molecule has 0 N–H and O–H groups in total. The van der Waals surface area contributed by atoms with Gasteiger partial charge in [0.1, 0.15) is 29.5 Å². The molecule has 0 unspecified atom stereocenters. The molecule has 3 aromatic rings. The van der Waals surface area contributed by atoms with Crippen molar-refractivity contribution in [1.29, 1.82) is 0 Å². The number of likely N-dealkylation sites (N-methyl/N-ethyl adjacent to an activating group) is 1. The first-order valence-electron chi connectivity index (χ1n) is 11.7. The molecule has 38 heavy (non-hydrogen) atoms. The van der Waals surface area contributed by atoms with Crippen LogP contribution in [0.25, 0.3) is 0 Å². The van der Waals surface area contributed by atoms with Crippen LogP contribution < -0.4 is 14.4 Å². The predicted octanol–water partition coefficient (Wildman–Crippen LogP) is 6.83. The molecule has 0 saturated carbocycles. The molecule has 0 fully saturated rings. The highest BCUT2D eigenvalue weighted by Gasteiger charge is 2.12. The Balaban J connectivity index is 1.76. The maximum Gasteiger partial charge on any atom is 0.302 e. The summed E-state index contributed by atoms with van der Waals surface area (Å²) >= 11 is 0. The summed E-state index contributed by atoms with van der Waals surface area (Å²) in [5.41, 5.74) is 2.83. The molecule has 3 aromatic carbocycles. The van der Waals surface area contributed by atoms with Crippen LogP contribution in [0, 0.1) is 10.1 Å². The first kappa shape index (κ1) is 27.7. The topological polar surface area (TPSA) is 141 Å². The van der Waals surface area contributed by atoms with Crippen LogP contribution in [0.1, 0.15) is 13.8 Å². The lowest BCUT2D eigenvalue weighted by molar-refractivity contribution is -0.384. The molecule has 0 bridgehead atoms. The van der Waals surface area contributed by atoms with Crippen LogP contribution in [0.15, 0.2) is 81.1 Å². The van der Waals surface area contributed by atoms with Gasteiger partial charge in [-0.05, 0) is 43.3 Å². The van der Waals surface area contributed by atoms with Gasteiger partial charge in [-0.25, -0.2) is 0 Å². The number of nitro groups is 1. The largest absolute Gasteiger partial charge is 0.494 e. The highest BCUT2D eigenvalue weighted by molar-refractivity contribution is 5.67. The molecule has 198 valence electrons. The van der Waals surface area contributed by atoms with Crippen LogP contribution in [-0.4, -0.2) is 44.8 Å². The van der Waals surface area contributed by atoms with E-state index >= 15 is 0 Å². The Labute approximate surface area is 219 Å². The summed E-state index contributed by atoms with van der Waals surface area (Å²) in [5, 5.41) is 27.8.